The van der Waals surface area contributed by atoms with Gasteiger partial charge in [-0.25, -0.2) is 0 Å². The molecule has 3 heteroatoms. The lowest BCUT2D eigenvalue weighted by molar-refractivity contribution is 0.413. The van der Waals surface area contributed by atoms with Crippen LogP contribution in [-0.4, -0.2) is 18.9 Å². The summed E-state index contributed by atoms with van der Waals surface area (Å²) in [5, 5.41) is 0. The number of hydrogen-bond donors (Lipinski definition) is 1. The van der Waals surface area contributed by atoms with E-state index >= 15 is 0 Å². The Bertz CT molecular complexity index is 365. The van der Waals surface area contributed by atoms with Crippen molar-refractivity contribution in [2.75, 3.05) is 12.9 Å². The van der Waals surface area contributed by atoms with Crippen molar-refractivity contribution in [3.8, 4) is 5.75 Å². The van der Waals surface area contributed by atoms with Crippen LogP contribution in [-0.2, 0) is 6.42 Å². The van der Waals surface area contributed by atoms with Gasteiger partial charge in [0, 0.05) is 10.9 Å². The van der Waals surface area contributed by atoms with Crippen LogP contribution in [0.1, 0.15) is 17.5 Å². The third-order valence-corrected chi connectivity index (χ3v) is 4.09. The lowest BCUT2D eigenvalue weighted by Gasteiger charge is -2.12. The van der Waals surface area contributed by atoms with E-state index in [1.54, 1.807) is 7.11 Å². The molecule has 0 saturated heterocycles. The summed E-state index contributed by atoms with van der Waals surface area (Å²) in [5.41, 5.74) is 8.69. The van der Waals surface area contributed by atoms with Gasteiger partial charge in [-0.1, -0.05) is 0 Å². The molecule has 1 atom stereocenters. The largest absolute Gasteiger partial charge is 0.497 e. The summed E-state index contributed by atoms with van der Waals surface area (Å²) in [6.45, 7) is 2.14. The van der Waals surface area contributed by atoms with Crippen LogP contribution in [0.2, 0.25) is 0 Å². The molecule has 1 aliphatic heterocycles. The molecule has 1 unspecified atom stereocenters. The second-order valence-corrected chi connectivity index (χ2v) is 5.14. The fourth-order valence-electron chi connectivity index (χ4n) is 1.98. The van der Waals surface area contributed by atoms with Gasteiger partial charge >= 0.3 is 0 Å². The Kier molecular flexibility index (Phi) is 3.22. The maximum Gasteiger partial charge on any atom is 0.119 e. The highest BCUT2D eigenvalue weighted by atomic mass is 32.2. The van der Waals surface area contributed by atoms with Crippen molar-refractivity contribution in [1.29, 1.82) is 0 Å². The first-order valence-electron chi connectivity index (χ1n) is 5.26. The van der Waals surface area contributed by atoms with Gasteiger partial charge in [-0.2, -0.15) is 0 Å². The van der Waals surface area contributed by atoms with E-state index in [1.807, 2.05) is 11.8 Å². The maximum atomic E-state index is 6.04. The van der Waals surface area contributed by atoms with Gasteiger partial charge < -0.3 is 10.5 Å². The number of hydrogen-bond acceptors (Lipinski definition) is 3. The van der Waals surface area contributed by atoms with Crippen molar-refractivity contribution >= 4 is 11.8 Å². The molecule has 0 bridgehead atoms. The third kappa shape index (κ3) is 2.29. The van der Waals surface area contributed by atoms with Gasteiger partial charge in [-0.05, 0) is 48.8 Å². The minimum Gasteiger partial charge on any atom is -0.497 e. The summed E-state index contributed by atoms with van der Waals surface area (Å²) < 4.78 is 5.29. The summed E-state index contributed by atoms with van der Waals surface area (Å²) in [4.78, 5) is 1.41. The van der Waals surface area contributed by atoms with Crippen molar-refractivity contribution in [3.63, 3.8) is 0 Å². The van der Waals surface area contributed by atoms with E-state index in [1.165, 1.54) is 16.0 Å². The number of methoxy groups -OCH3 is 1. The van der Waals surface area contributed by atoms with Crippen LogP contribution in [0.3, 0.4) is 0 Å². The van der Waals surface area contributed by atoms with Gasteiger partial charge in [0.1, 0.15) is 5.75 Å². The van der Waals surface area contributed by atoms with E-state index in [2.05, 4.69) is 19.1 Å². The van der Waals surface area contributed by atoms with Crippen molar-refractivity contribution in [2.24, 2.45) is 5.73 Å². The number of aryl methyl sites for hydroxylation is 1. The predicted octanol–water partition coefficient (Wildman–Crippen LogP) is 2.37. The minimum absolute atomic E-state index is 0.297. The number of fused-ring (bicyclic) bond motifs is 1. The van der Waals surface area contributed by atoms with Crippen LogP contribution in [0.15, 0.2) is 17.0 Å². The van der Waals surface area contributed by atoms with Crippen LogP contribution in [0.25, 0.3) is 0 Å². The number of rotatable bonds is 1. The van der Waals surface area contributed by atoms with Gasteiger partial charge in [0.25, 0.3) is 0 Å². The highest BCUT2D eigenvalue weighted by Gasteiger charge is 2.16. The molecule has 0 aliphatic carbocycles. The molecule has 82 valence electrons. The Hall–Kier alpha value is -0.670. The Balaban J connectivity index is 2.42. The first-order chi connectivity index (χ1) is 7.20. The number of nitrogens with two attached hydrogens (primary N) is 1. The Morgan fingerprint density at radius 2 is 2.27 bits per heavy atom. The average molecular weight is 223 g/mol. The molecule has 1 aliphatic rings. The number of thioether (sulfide) groups is 1. The van der Waals surface area contributed by atoms with Gasteiger partial charge in [0.05, 0.1) is 7.11 Å². The van der Waals surface area contributed by atoms with Crippen molar-refractivity contribution in [1.82, 2.24) is 0 Å². The molecular formula is C12H17NOS. The number of ether oxygens (including phenoxy) is 1. The van der Waals surface area contributed by atoms with E-state index in [-0.39, 0.29) is 0 Å². The zero-order valence-corrected chi connectivity index (χ0v) is 10.1. The first-order valence-corrected chi connectivity index (χ1v) is 6.25. The molecule has 0 aromatic heterocycles. The molecular weight excluding hydrogens is 206 g/mol. The van der Waals surface area contributed by atoms with Crippen LogP contribution < -0.4 is 10.5 Å². The second-order valence-electron chi connectivity index (χ2n) is 4.03. The minimum atomic E-state index is 0.297. The van der Waals surface area contributed by atoms with Gasteiger partial charge in [0.2, 0.25) is 0 Å². The molecule has 15 heavy (non-hydrogen) atoms. The molecule has 2 N–H and O–H groups in total. The lowest BCUT2D eigenvalue weighted by atomic mass is 10.0. The van der Waals surface area contributed by atoms with Gasteiger partial charge in [-0.15, -0.1) is 11.8 Å². The highest BCUT2D eigenvalue weighted by molar-refractivity contribution is 7.99. The third-order valence-electron chi connectivity index (χ3n) is 2.78. The molecule has 0 fully saturated rings. The fourth-order valence-corrected chi connectivity index (χ4v) is 3.22. The van der Waals surface area contributed by atoms with E-state index in [0.29, 0.717) is 6.04 Å². The van der Waals surface area contributed by atoms with Crippen LogP contribution in [0, 0.1) is 6.92 Å². The maximum absolute atomic E-state index is 6.04. The van der Waals surface area contributed by atoms with Gasteiger partial charge in [-0.3, -0.25) is 0 Å². The Morgan fingerprint density at radius 3 is 3.00 bits per heavy atom. The smallest absolute Gasteiger partial charge is 0.119 e. The SMILES string of the molecule is COc1cc(C)c2c(c1)CC(N)CCS2. The van der Waals surface area contributed by atoms with Crippen molar-refractivity contribution < 1.29 is 4.74 Å². The lowest BCUT2D eigenvalue weighted by Crippen LogP contribution is -2.22. The molecule has 2 rings (SSSR count). The van der Waals surface area contributed by atoms with E-state index in [4.69, 9.17) is 10.5 Å². The molecule has 0 amide bonds. The normalized spacial score (nSPS) is 20.6. The summed E-state index contributed by atoms with van der Waals surface area (Å²) in [6, 6.07) is 4.52. The number of benzene rings is 1. The summed E-state index contributed by atoms with van der Waals surface area (Å²) in [7, 11) is 1.71. The standard InChI is InChI=1S/C12H17NOS/c1-8-5-11(14-2)7-9-6-10(13)3-4-15-12(8)9/h5,7,10H,3-4,6,13H2,1-2H3. The second kappa shape index (κ2) is 4.45. The first kappa shape index (κ1) is 10.8. The Morgan fingerprint density at radius 1 is 1.47 bits per heavy atom. The zero-order chi connectivity index (χ0) is 10.8. The van der Waals surface area contributed by atoms with E-state index in [0.717, 1.165) is 24.3 Å². The quantitative estimate of drug-likeness (QED) is 0.794. The Labute approximate surface area is 95.2 Å². The highest BCUT2D eigenvalue weighted by Crippen LogP contribution is 2.34. The van der Waals surface area contributed by atoms with Crippen LogP contribution >= 0.6 is 11.8 Å². The van der Waals surface area contributed by atoms with Gasteiger partial charge in [0.15, 0.2) is 0 Å². The fraction of sp³-hybridized carbons (Fsp3) is 0.500. The molecule has 1 aromatic carbocycles. The van der Waals surface area contributed by atoms with Crippen molar-refractivity contribution in [2.45, 2.75) is 30.7 Å². The van der Waals surface area contributed by atoms with Crippen LogP contribution in [0.4, 0.5) is 0 Å². The van der Waals surface area contributed by atoms with E-state index < -0.39 is 0 Å². The summed E-state index contributed by atoms with van der Waals surface area (Å²) in [5.74, 6) is 2.07. The zero-order valence-electron chi connectivity index (χ0n) is 9.25. The molecule has 1 heterocycles. The molecule has 0 spiro atoms. The molecule has 2 nitrogen and oxygen atoms in total. The summed E-state index contributed by atoms with van der Waals surface area (Å²) >= 11 is 1.92. The van der Waals surface area contributed by atoms with Crippen molar-refractivity contribution in [3.05, 3.63) is 23.3 Å². The van der Waals surface area contributed by atoms with Crippen LogP contribution in [0.5, 0.6) is 5.75 Å². The molecule has 0 saturated carbocycles. The topological polar surface area (TPSA) is 35.2 Å². The molecule has 0 radical (unpaired) electrons. The monoisotopic (exact) mass is 223 g/mol. The molecule has 1 aromatic rings. The average Bonchev–Trinajstić information content (AvgIpc) is 2.39. The van der Waals surface area contributed by atoms with E-state index in [9.17, 15) is 0 Å². The summed E-state index contributed by atoms with van der Waals surface area (Å²) in [6.07, 6.45) is 2.07. The predicted molar refractivity (Wildman–Crippen MR) is 64.8 cm³/mol.